The summed E-state index contributed by atoms with van der Waals surface area (Å²) in [6.07, 6.45) is 3.18. The van der Waals surface area contributed by atoms with Crippen molar-refractivity contribution >= 4 is 22.0 Å². The molecule has 9 heteroatoms. The van der Waals surface area contributed by atoms with E-state index in [2.05, 4.69) is 17.4 Å². The van der Waals surface area contributed by atoms with Crippen LogP contribution in [-0.4, -0.2) is 67.3 Å². The molecule has 0 radical (unpaired) electrons. The van der Waals surface area contributed by atoms with Gasteiger partial charge >= 0.3 is 6.03 Å². The Labute approximate surface area is 200 Å². The molecule has 34 heavy (non-hydrogen) atoms. The molecule has 1 unspecified atom stereocenters. The quantitative estimate of drug-likeness (QED) is 0.637. The van der Waals surface area contributed by atoms with Crippen LogP contribution < -0.4 is 5.32 Å². The first kappa shape index (κ1) is 23.0. The third-order valence-electron chi connectivity index (χ3n) is 7.21. The van der Waals surface area contributed by atoms with Crippen LogP contribution in [-0.2, 0) is 39.0 Å². The van der Waals surface area contributed by atoms with Gasteiger partial charge in [0.15, 0.2) is 0 Å². The van der Waals surface area contributed by atoms with E-state index >= 15 is 0 Å². The van der Waals surface area contributed by atoms with Crippen LogP contribution in [0.15, 0.2) is 48.5 Å². The first-order valence-corrected chi connectivity index (χ1v) is 13.4. The lowest BCUT2D eigenvalue weighted by atomic mass is 9.90. The number of piperazine rings is 1. The minimum atomic E-state index is -3.42. The Morgan fingerprint density at radius 3 is 2.38 bits per heavy atom. The lowest BCUT2D eigenvalue weighted by Crippen LogP contribution is -2.53. The number of nitrogens with zero attached hydrogens (tertiary/aromatic N) is 3. The summed E-state index contributed by atoms with van der Waals surface area (Å²) in [5, 5.41) is 2.89. The maximum absolute atomic E-state index is 13.3. The van der Waals surface area contributed by atoms with Gasteiger partial charge in [0.2, 0.25) is 10.0 Å². The molecule has 2 saturated heterocycles. The van der Waals surface area contributed by atoms with Gasteiger partial charge in [0.25, 0.3) is 5.91 Å². The number of hydrogen-bond acceptors (Lipinski definition) is 5. The third-order valence-corrected chi connectivity index (χ3v) is 9.06. The summed E-state index contributed by atoms with van der Waals surface area (Å²) in [6.45, 7) is 3.50. The third kappa shape index (κ3) is 4.23. The average Bonchev–Trinajstić information content (AvgIpc) is 3.38. The molecule has 8 nitrogen and oxygen atoms in total. The zero-order valence-corrected chi connectivity index (χ0v) is 20.2. The highest BCUT2D eigenvalue weighted by Gasteiger charge is 2.49. The Balaban J connectivity index is 1.22. The fourth-order valence-electron chi connectivity index (χ4n) is 5.13. The Kier molecular flexibility index (Phi) is 5.95. The number of imide groups is 1. The Bertz CT molecular complexity index is 1210. The number of fused-ring (bicyclic) bond motifs is 1. The maximum Gasteiger partial charge on any atom is 0.326 e. The first-order valence-electron chi connectivity index (χ1n) is 11.8. The van der Waals surface area contributed by atoms with E-state index in [9.17, 15) is 18.0 Å². The van der Waals surface area contributed by atoms with E-state index in [1.54, 1.807) is 6.92 Å². The summed E-state index contributed by atoms with van der Waals surface area (Å²) >= 11 is 0. The molecule has 0 saturated carbocycles. The number of carbonyl (C=O) groups excluding carboxylic acids is 2. The van der Waals surface area contributed by atoms with Crippen LogP contribution in [0.4, 0.5) is 4.79 Å². The summed E-state index contributed by atoms with van der Waals surface area (Å²) in [7, 11) is -3.42. The Hall–Kier alpha value is -2.75. The highest BCUT2D eigenvalue weighted by Crippen LogP contribution is 2.32. The smallest absolute Gasteiger partial charge is 0.319 e. The topological polar surface area (TPSA) is 90.0 Å². The highest BCUT2D eigenvalue weighted by atomic mass is 32.2. The van der Waals surface area contributed by atoms with Crippen LogP contribution in [0.3, 0.4) is 0 Å². The molecule has 3 amide bonds. The van der Waals surface area contributed by atoms with E-state index in [4.69, 9.17) is 0 Å². The number of carbonyl (C=O) groups is 2. The second-order valence-electron chi connectivity index (χ2n) is 9.53. The molecule has 0 bridgehead atoms. The zero-order valence-electron chi connectivity index (χ0n) is 19.4. The first-order chi connectivity index (χ1) is 16.3. The molecule has 3 aliphatic rings. The number of hydrogen-bond donors (Lipinski definition) is 1. The van der Waals surface area contributed by atoms with E-state index in [-0.39, 0.29) is 18.3 Å². The fourth-order valence-corrected chi connectivity index (χ4v) is 6.65. The van der Waals surface area contributed by atoms with Gasteiger partial charge in [-0.2, -0.15) is 4.31 Å². The van der Waals surface area contributed by atoms with E-state index in [0.29, 0.717) is 26.2 Å². The van der Waals surface area contributed by atoms with Gasteiger partial charge in [-0.3, -0.25) is 9.69 Å². The summed E-state index contributed by atoms with van der Waals surface area (Å²) in [5.74, 6) is -0.297. The molecule has 2 aromatic rings. The van der Waals surface area contributed by atoms with Crippen molar-refractivity contribution in [2.24, 2.45) is 0 Å². The van der Waals surface area contributed by atoms with Crippen molar-refractivity contribution < 1.29 is 18.0 Å². The molecule has 2 aliphatic heterocycles. The van der Waals surface area contributed by atoms with Crippen molar-refractivity contribution in [2.45, 2.75) is 37.5 Å². The molecule has 1 atom stereocenters. The molecule has 1 aliphatic carbocycles. The van der Waals surface area contributed by atoms with Crippen molar-refractivity contribution in [3.63, 3.8) is 0 Å². The van der Waals surface area contributed by atoms with Crippen LogP contribution in [0.5, 0.6) is 0 Å². The summed E-state index contributed by atoms with van der Waals surface area (Å²) in [4.78, 5) is 29.3. The number of amides is 3. The summed E-state index contributed by atoms with van der Waals surface area (Å²) in [5.41, 5.74) is 3.06. The SMILES string of the molecule is CC1(c2ccc3c(c2)CCC3)NC(=O)N(CN2CCN(S(=O)(=O)Cc3ccccc3)CC2)C1=O. The minimum absolute atomic E-state index is 0.0278. The lowest BCUT2D eigenvalue weighted by molar-refractivity contribution is -0.132. The number of sulfonamides is 1. The van der Waals surface area contributed by atoms with Crippen LogP contribution in [0.2, 0.25) is 0 Å². The van der Waals surface area contributed by atoms with Gasteiger partial charge < -0.3 is 5.32 Å². The van der Waals surface area contributed by atoms with E-state index in [1.807, 2.05) is 41.3 Å². The summed E-state index contributed by atoms with van der Waals surface area (Å²) in [6, 6.07) is 14.8. The van der Waals surface area contributed by atoms with Crippen molar-refractivity contribution in [2.75, 3.05) is 32.8 Å². The number of urea groups is 1. The number of nitrogens with one attached hydrogen (secondary N) is 1. The van der Waals surface area contributed by atoms with E-state index in [0.717, 1.165) is 30.4 Å². The molecule has 5 rings (SSSR count). The molecule has 1 N–H and O–H groups in total. The number of benzene rings is 2. The Morgan fingerprint density at radius 2 is 1.65 bits per heavy atom. The van der Waals surface area contributed by atoms with Gasteiger partial charge in [0, 0.05) is 26.2 Å². The fraction of sp³-hybridized carbons (Fsp3) is 0.440. The van der Waals surface area contributed by atoms with Gasteiger partial charge in [-0.05, 0) is 48.4 Å². The predicted molar refractivity (Wildman–Crippen MR) is 128 cm³/mol. The van der Waals surface area contributed by atoms with Crippen molar-refractivity contribution in [1.29, 1.82) is 0 Å². The van der Waals surface area contributed by atoms with Gasteiger partial charge in [-0.15, -0.1) is 0 Å². The van der Waals surface area contributed by atoms with E-state index < -0.39 is 21.6 Å². The van der Waals surface area contributed by atoms with Gasteiger partial charge in [0.1, 0.15) is 5.54 Å². The van der Waals surface area contributed by atoms with Gasteiger partial charge in [-0.25, -0.2) is 18.1 Å². The number of rotatable bonds is 6. The molecular formula is C25H30N4O4S. The second kappa shape index (κ2) is 8.79. The van der Waals surface area contributed by atoms with Crippen molar-refractivity contribution in [1.82, 2.24) is 19.4 Å². The van der Waals surface area contributed by atoms with Crippen molar-refractivity contribution in [3.05, 3.63) is 70.8 Å². The zero-order chi connectivity index (χ0) is 23.9. The van der Waals surface area contributed by atoms with Crippen LogP contribution in [0, 0.1) is 0 Å². The minimum Gasteiger partial charge on any atom is -0.319 e. The number of aryl methyl sites for hydroxylation is 2. The second-order valence-corrected chi connectivity index (χ2v) is 11.5. The molecular weight excluding hydrogens is 452 g/mol. The van der Waals surface area contributed by atoms with Crippen LogP contribution >= 0.6 is 0 Å². The van der Waals surface area contributed by atoms with Crippen molar-refractivity contribution in [3.8, 4) is 0 Å². The molecule has 2 aromatic carbocycles. The normalized spacial score (nSPS) is 23.9. The van der Waals surface area contributed by atoms with Crippen LogP contribution in [0.25, 0.3) is 0 Å². The van der Waals surface area contributed by atoms with E-state index in [1.165, 1.54) is 20.3 Å². The maximum atomic E-state index is 13.3. The molecule has 0 spiro atoms. The predicted octanol–water partition coefficient (Wildman–Crippen LogP) is 2.05. The van der Waals surface area contributed by atoms with Crippen LogP contribution in [0.1, 0.15) is 35.6 Å². The Morgan fingerprint density at radius 1 is 0.941 bits per heavy atom. The lowest BCUT2D eigenvalue weighted by Gasteiger charge is -2.35. The molecule has 2 heterocycles. The average molecular weight is 483 g/mol. The summed E-state index contributed by atoms with van der Waals surface area (Å²) < 4.78 is 27.1. The molecule has 180 valence electrons. The largest absolute Gasteiger partial charge is 0.326 e. The molecule has 2 fully saturated rings. The molecule has 0 aromatic heterocycles. The monoisotopic (exact) mass is 482 g/mol. The van der Waals surface area contributed by atoms with Gasteiger partial charge in [-0.1, -0.05) is 48.5 Å². The standard InChI is InChI=1S/C25H30N4O4S/c1-25(22-11-10-20-8-5-9-21(20)16-22)23(30)29(24(31)26-25)18-27-12-14-28(15-13-27)34(32,33)17-19-6-3-2-4-7-19/h2-4,6-7,10-11,16H,5,8-9,12-15,17-18H2,1H3,(H,26,31). The highest BCUT2D eigenvalue weighted by molar-refractivity contribution is 7.88. The van der Waals surface area contributed by atoms with Gasteiger partial charge in [0.05, 0.1) is 12.4 Å².